The van der Waals surface area contributed by atoms with E-state index in [4.69, 9.17) is 8.85 Å². The lowest BCUT2D eigenvalue weighted by Gasteiger charge is -2.62. The Morgan fingerprint density at radius 1 is 0.906 bits per heavy atom. The second kappa shape index (κ2) is 8.14. The molecule has 3 unspecified atom stereocenters. The van der Waals surface area contributed by atoms with Gasteiger partial charge >= 0.3 is 0 Å². The molecule has 0 bridgehead atoms. The quantitative estimate of drug-likeness (QED) is 0.276. The van der Waals surface area contributed by atoms with Crippen molar-refractivity contribution in [1.29, 1.82) is 0 Å². The molecule has 4 aliphatic rings. The summed E-state index contributed by atoms with van der Waals surface area (Å²) >= 11 is 4.16. The molecule has 0 aliphatic heterocycles. The van der Waals surface area contributed by atoms with Crippen molar-refractivity contribution in [2.45, 2.75) is 116 Å². The Morgan fingerprint density at radius 3 is 2.12 bits per heavy atom. The van der Waals surface area contributed by atoms with Crippen LogP contribution in [-0.2, 0) is 13.6 Å². The first-order chi connectivity index (χ1) is 14.6. The summed E-state index contributed by atoms with van der Waals surface area (Å²) in [5.74, 6) is 2.12. The molecule has 0 radical (unpaired) electrons. The second-order valence-electron chi connectivity index (χ2n) is 13.6. The van der Waals surface area contributed by atoms with Crippen LogP contribution in [0.4, 0.5) is 0 Å². The van der Waals surface area contributed by atoms with E-state index in [0.29, 0.717) is 36.1 Å². The normalized spacial score (nSPS) is 44.9. The number of fused-ring (bicyclic) bond motifs is 5. The van der Waals surface area contributed by atoms with Crippen molar-refractivity contribution < 1.29 is 13.6 Å². The molecule has 182 valence electrons. The first-order valence-electron chi connectivity index (χ1n) is 12.8. The number of hydrogen-bond acceptors (Lipinski definition) is 3. The van der Waals surface area contributed by atoms with E-state index in [1.165, 1.54) is 31.3 Å². The maximum absolute atomic E-state index is 12.8. The maximum Gasteiger partial charge on any atom is 0.184 e. The first kappa shape index (κ1) is 25.3. The third-order valence-electron chi connectivity index (χ3n) is 9.30. The van der Waals surface area contributed by atoms with Crippen LogP contribution < -0.4 is 0 Å². The van der Waals surface area contributed by atoms with E-state index >= 15 is 0 Å². The van der Waals surface area contributed by atoms with Crippen LogP contribution >= 0.6 is 15.9 Å². The third-order valence-corrected chi connectivity index (χ3v) is 12.3. The van der Waals surface area contributed by atoms with Crippen LogP contribution in [0.3, 0.4) is 0 Å². The van der Waals surface area contributed by atoms with E-state index in [1.807, 2.05) is 0 Å². The summed E-state index contributed by atoms with van der Waals surface area (Å²) in [5.41, 5.74) is 2.74. The lowest BCUT2D eigenvalue weighted by atomic mass is 9.46. The highest BCUT2D eigenvalue weighted by molar-refractivity contribution is 9.09. The van der Waals surface area contributed by atoms with Crippen molar-refractivity contribution in [2.75, 3.05) is 0 Å². The van der Waals surface area contributed by atoms with E-state index in [9.17, 15) is 4.79 Å². The molecule has 6 heteroatoms. The van der Waals surface area contributed by atoms with Crippen LogP contribution in [0.15, 0.2) is 11.1 Å². The number of ketones is 1. The van der Waals surface area contributed by atoms with Crippen LogP contribution in [0, 0.1) is 28.6 Å². The minimum Gasteiger partial charge on any atom is -0.414 e. The predicted molar refractivity (Wildman–Crippen MR) is 141 cm³/mol. The molecule has 3 saturated carbocycles. The molecule has 4 rings (SSSR count). The van der Waals surface area contributed by atoms with Gasteiger partial charge in [0.2, 0.25) is 0 Å². The van der Waals surface area contributed by atoms with Crippen molar-refractivity contribution in [2.24, 2.45) is 28.6 Å². The Labute approximate surface area is 206 Å². The van der Waals surface area contributed by atoms with Gasteiger partial charge in [0.15, 0.2) is 22.4 Å². The van der Waals surface area contributed by atoms with Crippen LogP contribution in [-0.4, -0.2) is 39.5 Å². The van der Waals surface area contributed by atoms with Gasteiger partial charge in [0.1, 0.15) is 0 Å². The average Bonchev–Trinajstić information content (AvgIpc) is 2.96. The van der Waals surface area contributed by atoms with Crippen LogP contribution in [0.25, 0.3) is 0 Å². The summed E-state index contributed by atoms with van der Waals surface area (Å²) in [7, 11) is -3.36. The topological polar surface area (TPSA) is 35.5 Å². The molecule has 0 saturated heterocycles. The van der Waals surface area contributed by atoms with Gasteiger partial charge in [-0.2, -0.15) is 0 Å². The van der Waals surface area contributed by atoms with Crippen LogP contribution in [0.5, 0.6) is 0 Å². The number of hydrogen-bond donors (Lipinski definition) is 0. The Morgan fingerprint density at radius 2 is 1.53 bits per heavy atom. The van der Waals surface area contributed by atoms with Gasteiger partial charge in [-0.05, 0) is 118 Å². The van der Waals surface area contributed by atoms with Crippen LogP contribution in [0.2, 0.25) is 39.3 Å². The van der Waals surface area contributed by atoms with Gasteiger partial charge in [-0.3, -0.25) is 4.79 Å². The molecule has 8 atom stereocenters. The zero-order valence-electron chi connectivity index (χ0n) is 21.8. The van der Waals surface area contributed by atoms with Crippen molar-refractivity contribution in [1.82, 2.24) is 0 Å². The molecule has 3 fully saturated rings. The van der Waals surface area contributed by atoms with Gasteiger partial charge in [0.25, 0.3) is 0 Å². The smallest absolute Gasteiger partial charge is 0.184 e. The Hall–Kier alpha value is 0.244. The summed E-state index contributed by atoms with van der Waals surface area (Å²) in [5, 5.41) is 0. The summed E-state index contributed by atoms with van der Waals surface area (Å²) in [6.45, 7) is 21.0. The molecule has 32 heavy (non-hydrogen) atoms. The Bertz CT molecular complexity index is 813. The fourth-order valence-corrected chi connectivity index (χ4v) is 11.9. The standard InChI is InChI=1S/C26H45BrO3Si2/c1-16-19(28)13-15-26(3)18-12-14-25(2)17(10-11-20(25)29-31(4,5)6)21(18)24(23(27)22(16)26)30-32(7,8)9/h17-18,20-21,23-24H,10-15H2,1-9H3/t17-,18+,20?,21-,23?,24?,25-,26+/m0/s1. The molecule has 0 aromatic heterocycles. The van der Waals surface area contributed by atoms with E-state index in [1.54, 1.807) is 0 Å². The molecule has 3 nitrogen and oxygen atoms in total. The Kier molecular flexibility index (Phi) is 6.45. The summed E-state index contributed by atoms with van der Waals surface area (Å²) in [6, 6.07) is 0. The number of rotatable bonds is 4. The lowest BCUT2D eigenvalue weighted by molar-refractivity contribution is -0.124. The molecule has 0 heterocycles. The third kappa shape index (κ3) is 4.12. The number of carbonyl (C=O) groups excluding carboxylic acids is 1. The molecule has 0 spiro atoms. The SMILES string of the molecule is CC1=C2C(Br)C(O[Si](C)(C)C)[C@@H]3[C@@H](CC[C@]4(C)C(O[Si](C)(C)C)CC[C@@H]34)[C@@]2(C)CCC1=O. The lowest BCUT2D eigenvalue weighted by Crippen LogP contribution is -2.62. The van der Waals surface area contributed by atoms with Crippen LogP contribution in [0.1, 0.15) is 59.3 Å². The summed E-state index contributed by atoms with van der Waals surface area (Å²) < 4.78 is 13.9. The highest BCUT2D eigenvalue weighted by Crippen LogP contribution is 2.67. The Balaban J connectivity index is 1.79. The number of carbonyl (C=O) groups is 1. The first-order valence-corrected chi connectivity index (χ1v) is 20.6. The molecular formula is C26H45BrO3Si2. The van der Waals surface area contributed by atoms with E-state index < -0.39 is 16.6 Å². The highest BCUT2D eigenvalue weighted by atomic mass is 79.9. The van der Waals surface area contributed by atoms with Gasteiger partial charge in [0.05, 0.1) is 17.0 Å². The average molecular weight is 542 g/mol. The van der Waals surface area contributed by atoms with Gasteiger partial charge in [0, 0.05) is 6.42 Å². The molecular weight excluding hydrogens is 496 g/mol. The molecule has 4 aliphatic carbocycles. The molecule has 0 N–H and O–H groups in total. The van der Waals surface area contributed by atoms with Gasteiger partial charge in [-0.25, -0.2) is 0 Å². The number of alkyl halides is 1. The predicted octanol–water partition coefficient (Wildman–Crippen LogP) is 7.33. The van der Waals surface area contributed by atoms with E-state index in [2.05, 4.69) is 76.0 Å². The van der Waals surface area contributed by atoms with Gasteiger partial charge < -0.3 is 8.85 Å². The van der Waals surface area contributed by atoms with Gasteiger partial charge in [-0.15, -0.1) is 0 Å². The van der Waals surface area contributed by atoms with Crippen molar-refractivity contribution in [3.8, 4) is 0 Å². The zero-order chi connectivity index (χ0) is 23.9. The van der Waals surface area contributed by atoms with Crippen molar-refractivity contribution >= 4 is 38.3 Å². The fraction of sp³-hybridized carbons (Fsp3) is 0.885. The summed E-state index contributed by atoms with van der Waals surface area (Å²) in [6.07, 6.45) is 7.18. The fourth-order valence-electron chi connectivity index (χ4n) is 8.06. The van der Waals surface area contributed by atoms with Gasteiger partial charge in [-0.1, -0.05) is 29.8 Å². The minimum atomic E-state index is -1.77. The molecule has 0 amide bonds. The monoisotopic (exact) mass is 540 g/mol. The van der Waals surface area contributed by atoms with E-state index in [0.717, 1.165) is 12.0 Å². The number of halogens is 1. The highest BCUT2D eigenvalue weighted by Gasteiger charge is 2.64. The molecule has 0 aromatic carbocycles. The van der Waals surface area contributed by atoms with E-state index in [-0.39, 0.29) is 21.8 Å². The minimum absolute atomic E-state index is 0.106. The molecule has 0 aromatic rings. The van der Waals surface area contributed by atoms with Crippen molar-refractivity contribution in [3.05, 3.63) is 11.1 Å². The second-order valence-corrected chi connectivity index (χ2v) is 23.5. The maximum atomic E-state index is 12.8. The zero-order valence-corrected chi connectivity index (χ0v) is 25.4. The largest absolute Gasteiger partial charge is 0.414 e. The number of Topliss-reactive ketones (excluding diaryl/α,β-unsaturated/α-hetero) is 1. The van der Waals surface area contributed by atoms with Crippen molar-refractivity contribution in [3.63, 3.8) is 0 Å². The summed E-state index contributed by atoms with van der Waals surface area (Å²) in [4.78, 5) is 12.9.